The number of nitrogens with two attached hydrogens (primary N) is 1. The molecule has 0 radical (unpaired) electrons. The van der Waals surface area contributed by atoms with Crippen LogP contribution in [-0.2, 0) is 4.74 Å². The molecule has 18 heavy (non-hydrogen) atoms. The Balaban J connectivity index is 2.24. The highest BCUT2D eigenvalue weighted by Crippen LogP contribution is 2.32. The van der Waals surface area contributed by atoms with Crippen molar-refractivity contribution >= 4 is 0 Å². The summed E-state index contributed by atoms with van der Waals surface area (Å²) in [5.74, 6) is 2.22. The molecular formula is C14H19NO3. The van der Waals surface area contributed by atoms with Crippen LogP contribution in [0.3, 0.4) is 0 Å². The fraction of sp³-hybridized carbons (Fsp3) is 0.429. The van der Waals surface area contributed by atoms with E-state index in [4.69, 9.17) is 19.9 Å². The molecule has 0 spiro atoms. The van der Waals surface area contributed by atoms with Gasteiger partial charge in [0.1, 0.15) is 5.76 Å². The number of rotatable bonds is 4. The second-order valence-corrected chi connectivity index (χ2v) is 4.19. The van der Waals surface area contributed by atoms with Gasteiger partial charge >= 0.3 is 0 Å². The van der Waals surface area contributed by atoms with Crippen molar-refractivity contribution < 1.29 is 14.2 Å². The second-order valence-electron chi connectivity index (χ2n) is 4.19. The van der Waals surface area contributed by atoms with Gasteiger partial charge < -0.3 is 19.9 Å². The molecule has 98 valence electrons. The summed E-state index contributed by atoms with van der Waals surface area (Å²) in [6, 6.07) is 5.44. The molecule has 1 aliphatic heterocycles. The minimum atomic E-state index is -0.245. The van der Waals surface area contributed by atoms with Gasteiger partial charge in [0, 0.05) is 0 Å². The Bertz CT molecular complexity index is 443. The monoisotopic (exact) mass is 249 g/mol. The first-order valence-corrected chi connectivity index (χ1v) is 6.06. The average molecular weight is 249 g/mol. The first-order chi connectivity index (χ1) is 8.76. The molecule has 0 fully saturated rings. The zero-order valence-corrected chi connectivity index (χ0v) is 10.8. The van der Waals surface area contributed by atoms with E-state index in [1.165, 1.54) is 0 Å². The number of methoxy groups -OCH3 is 2. The van der Waals surface area contributed by atoms with Gasteiger partial charge in [-0.3, -0.25) is 0 Å². The van der Waals surface area contributed by atoms with Gasteiger partial charge in [-0.15, -0.1) is 0 Å². The molecule has 1 aliphatic rings. The molecule has 4 nitrogen and oxygen atoms in total. The predicted octanol–water partition coefficient (Wildman–Crippen LogP) is 2.40. The Morgan fingerprint density at radius 1 is 1.22 bits per heavy atom. The van der Waals surface area contributed by atoms with Crippen LogP contribution in [0.4, 0.5) is 0 Å². The van der Waals surface area contributed by atoms with Crippen LogP contribution >= 0.6 is 0 Å². The third kappa shape index (κ3) is 2.59. The Hall–Kier alpha value is -1.68. The van der Waals surface area contributed by atoms with Crippen molar-refractivity contribution in [2.24, 2.45) is 5.73 Å². The van der Waals surface area contributed by atoms with Gasteiger partial charge in [0.15, 0.2) is 11.5 Å². The van der Waals surface area contributed by atoms with E-state index >= 15 is 0 Å². The Labute approximate surface area is 107 Å². The van der Waals surface area contributed by atoms with Crippen LogP contribution in [0.2, 0.25) is 0 Å². The molecule has 0 amide bonds. The Morgan fingerprint density at radius 2 is 2.00 bits per heavy atom. The van der Waals surface area contributed by atoms with E-state index in [9.17, 15) is 0 Å². The first kappa shape index (κ1) is 12.8. The molecule has 1 aromatic rings. The molecule has 0 bridgehead atoms. The number of hydrogen-bond acceptors (Lipinski definition) is 4. The molecule has 1 heterocycles. The lowest BCUT2D eigenvalue weighted by atomic mass is 10.0. The Kier molecular flexibility index (Phi) is 4.10. The van der Waals surface area contributed by atoms with Crippen molar-refractivity contribution in [1.29, 1.82) is 0 Å². The predicted molar refractivity (Wildman–Crippen MR) is 69.7 cm³/mol. The molecule has 0 aromatic heterocycles. The summed E-state index contributed by atoms with van der Waals surface area (Å²) in [6.07, 6.45) is 4.14. The van der Waals surface area contributed by atoms with Crippen LogP contribution in [-0.4, -0.2) is 20.8 Å². The number of benzene rings is 1. The van der Waals surface area contributed by atoms with E-state index in [-0.39, 0.29) is 6.04 Å². The van der Waals surface area contributed by atoms with Crippen molar-refractivity contribution in [3.05, 3.63) is 35.6 Å². The number of hydrogen-bond donors (Lipinski definition) is 1. The summed E-state index contributed by atoms with van der Waals surface area (Å²) < 4.78 is 16.1. The molecular weight excluding hydrogens is 230 g/mol. The lowest BCUT2D eigenvalue weighted by Gasteiger charge is -2.21. The van der Waals surface area contributed by atoms with Gasteiger partial charge in [-0.2, -0.15) is 0 Å². The third-order valence-corrected chi connectivity index (χ3v) is 3.04. The lowest BCUT2D eigenvalue weighted by molar-refractivity contribution is 0.176. The van der Waals surface area contributed by atoms with Gasteiger partial charge in [-0.05, 0) is 36.6 Å². The van der Waals surface area contributed by atoms with Crippen molar-refractivity contribution in [3.8, 4) is 11.5 Å². The summed E-state index contributed by atoms with van der Waals surface area (Å²) in [5, 5.41) is 0. The van der Waals surface area contributed by atoms with E-state index in [1.54, 1.807) is 14.2 Å². The van der Waals surface area contributed by atoms with Gasteiger partial charge in [0.25, 0.3) is 0 Å². The van der Waals surface area contributed by atoms with Crippen molar-refractivity contribution in [2.45, 2.75) is 18.9 Å². The summed E-state index contributed by atoms with van der Waals surface area (Å²) in [5.41, 5.74) is 7.15. The van der Waals surface area contributed by atoms with Crippen LogP contribution in [0.15, 0.2) is 30.0 Å². The summed E-state index contributed by atoms with van der Waals surface area (Å²) in [4.78, 5) is 0. The fourth-order valence-corrected chi connectivity index (χ4v) is 2.00. The Morgan fingerprint density at radius 3 is 2.61 bits per heavy atom. The number of ether oxygens (including phenoxy) is 3. The first-order valence-electron chi connectivity index (χ1n) is 6.06. The highest BCUT2D eigenvalue weighted by molar-refractivity contribution is 5.44. The van der Waals surface area contributed by atoms with Crippen molar-refractivity contribution in [1.82, 2.24) is 0 Å². The standard InChI is InChI=1S/C14H19NO3/c1-16-11-7-6-10(9-13(11)17-2)14(15)12-5-3-4-8-18-12/h5-7,9,14H,3-4,8,15H2,1-2H3. The molecule has 4 heteroatoms. The summed E-state index contributed by atoms with van der Waals surface area (Å²) in [7, 11) is 3.23. The largest absolute Gasteiger partial charge is 0.496 e. The van der Waals surface area contributed by atoms with E-state index in [0.29, 0.717) is 11.5 Å². The molecule has 0 aliphatic carbocycles. The van der Waals surface area contributed by atoms with Crippen LogP contribution in [0.25, 0.3) is 0 Å². The van der Waals surface area contributed by atoms with Gasteiger partial charge in [-0.1, -0.05) is 6.07 Å². The van der Waals surface area contributed by atoms with E-state index in [0.717, 1.165) is 30.8 Å². The smallest absolute Gasteiger partial charge is 0.161 e. The maximum atomic E-state index is 6.20. The normalized spacial score (nSPS) is 16.5. The highest BCUT2D eigenvalue weighted by atomic mass is 16.5. The minimum Gasteiger partial charge on any atom is -0.496 e. The highest BCUT2D eigenvalue weighted by Gasteiger charge is 2.17. The molecule has 2 rings (SSSR count). The molecule has 2 N–H and O–H groups in total. The van der Waals surface area contributed by atoms with Crippen LogP contribution in [0, 0.1) is 0 Å². The second kappa shape index (κ2) is 5.78. The number of allylic oxidation sites excluding steroid dienone is 1. The zero-order valence-electron chi connectivity index (χ0n) is 10.8. The molecule has 1 unspecified atom stereocenters. The van der Waals surface area contributed by atoms with Gasteiger partial charge in [0.05, 0.1) is 26.9 Å². The lowest BCUT2D eigenvalue weighted by Crippen LogP contribution is -2.18. The van der Waals surface area contributed by atoms with Crippen molar-refractivity contribution in [2.75, 3.05) is 20.8 Å². The minimum absolute atomic E-state index is 0.245. The SMILES string of the molecule is COc1ccc(C(N)C2=CCCCO2)cc1OC. The molecule has 1 aromatic carbocycles. The summed E-state index contributed by atoms with van der Waals surface area (Å²) in [6.45, 7) is 0.743. The average Bonchev–Trinajstić information content (AvgIpc) is 2.46. The van der Waals surface area contributed by atoms with Crippen LogP contribution in [0.1, 0.15) is 24.4 Å². The molecule has 1 atom stereocenters. The topological polar surface area (TPSA) is 53.7 Å². The zero-order chi connectivity index (χ0) is 13.0. The van der Waals surface area contributed by atoms with E-state index in [1.807, 2.05) is 18.2 Å². The fourth-order valence-electron chi connectivity index (χ4n) is 2.00. The maximum absolute atomic E-state index is 6.20. The quantitative estimate of drug-likeness (QED) is 0.890. The van der Waals surface area contributed by atoms with Crippen LogP contribution in [0.5, 0.6) is 11.5 Å². The molecule has 0 saturated carbocycles. The molecule has 0 saturated heterocycles. The van der Waals surface area contributed by atoms with Gasteiger partial charge in [-0.25, -0.2) is 0 Å². The van der Waals surface area contributed by atoms with Crippen LogP contribution < -0.4 is 15.2 Å². The maximum Gasteiger partial charge on any atom is 0.161 e. The van der Waals surface area contributed by atoms with E-state index in [2.05, 4.69) is 6.08 Å². The summed E-state index contributed by atoms with van der Waals surface area (Å²) >= 11 is 0. The van der Waals surface area contributed by atoms with E-state index < -0.39 is 0 Å². The van der Waals surface area contributed by atoms with Gasteiger partial charge in [0.2, 0.25) is 0 Å². The van der Waals surface area contributed by atoms with Crippen molar-refractivity contribution in [3.63, 3.8) is 0 Å². The third-order valence-electron chi connectivity index (χ3n) is 3.04.